The van der Waals surface area contributed by atoms with Crippen molar-refractivity contribution >= 4 is 33.2 Å². The number of rotatable bonds is 4. The van der Waals surface area contributed by atoms with Crippen LogP contribution < -0.4 is 4.74 Å². The van der Waals surface area contributed by atoms with E-state index in [0.717, 1.165) is 22.4 Å². The summed E-state index contributed by atoms with van der Waals surface area (Å²) in [4.78, 5) is 9.28. The normalized spacial score (nSPS) is 12.5. The lowest BCUT2D eigenvalue weighted by Gasteiger charge is -2.15. The largest absolute Gasteiger partial charge is 0.438 e. The Morgan fingerprint density at radius 2 is 2.05 bits per heavy atom. The lowest BCUT2D eigenvalue weighted by atomic mass is 9.98. The van der Waals surface area contributed by atoms with Crippen molar-refractivity contribution in [1.82, 2.24) is 9.97 Å². The summed E-state index contributed by atoms with van der Waals surface area (Å²) in [5.41, 5.74) is 1.18. The number of para-hydroxylation sites is 1. The lowest BCUT2D eigenvalue weighted by Crippen LogP contribution is -1.98. The number of hydrogen-bond donors (Lipinski definition) is 0. The number of ether oxygens (including phenoxy) is 1. The van der Waals surface area contributed by atoms with Gasteiger partial charge in [0.15, 0.2) is 0 Å². The highest BCUT2D eigenvalue weighted by atomic mass is 35.5. The smallest absolute Gasteiger partial charge is 0.232 e. The minimum atomic E-state index is 0.209. The minimum absolute atomic E-state index is 0.209. The zero-order valence-electron chi connectivity index (χ0n) is 11.8. The van der Waals surface area contributed by atoms with Gasteiger partial charge < -0.3 is 4.74 Å². The van der Waals surface area contributed by atoms with E-state index in [1.165, 1.54) is 16.9 Å². The molecule has 0 aliphatic rings. The maximum atomic E-state index is 6.06. The number of thiophene rings is 1. The molecule has 0 saturated carbocycles. The highest BCUT2D eigenvalue weighted by Crippen LogP contribution is 2.35. The van der Waals surface area contributed by atoms with Crippen molar-refractivity contribution in [3.63, 3.8) is 0 Å². The maximum absolute atomic E-state index is 6.06. The molecule has 0 saturated heterocycles. The fraction of sp³-hybridized carbons (Fsp3) is 0.250. The van der Waals surface area contributed by atoms with Gasteiger partial charge in [0.1, 0.15) is 10.6 Å². The Labute approximate surface area is 132 Å². The molecule has 5 heteroatoms. The Balaban J connectivity index is 2.05. The van der Waals surface area contributed by atoms with Crippen LogP contribution in [0.5, 0.6) is 11.6 Å². The first-order valence-electron chi connectivity index (χ1n) is 6.86. The molecule has 0 bridgehead atoms. The molecule has 2 aromatic heterocycles. The average Bonchev–Trinajstić information content (AvgIpc) is 2.95. The number of nitrogens with zero attached hydrogens (tertiary/aromatic N) is 2. The standard InChI is InChI=1S/C16H15ClN2OS/c1-3-10(2)11-6-4-5-7-13(11)20-14-12-8-9-21-15(12)19-16(17)18-14/h4-10H,3H2,1-2H3. The minimum Gasteiger partial charge on any atom is -0.438 e. The molecule has 0 amide bonds. The van der Waals surface area contributed by atoms with Crippen molar-refractivity contribution in [3.05, 3.63) is 46.6 Å². The van der Waals surface area contributed by atoms with Crippen LogP contribution in [0.15, 0.2) is 35.7 Å². The molecular formula is C16H15ClN2OS. The summed E-state index contributed by atoms with van der Waals surface area (Å²) in [6, 6.07) is 10.0. The van der Waals surface area contributed by atoms with Gasteiger partial charge in [0, 0.05) is 0 Å². The molecule has 1 unspecified atom stereocenters. The second-order valence-corrected chi connectivity index (χ2v) is 6.12. The number of halogens is 1. The molecule has 0 radical (unpaired) electrons. The fourth-order valence-corrected chi connectivity index (χ4v) is 3.15. The molecule has 1 atom stereocenters. The molecule has 21 heavy (non-hydrogen) atoms. The zero-order chi connectivity index (χ0) is 14.8. The van der Waals surface area contributed by atoms with E-state index in [4.69, 9.17) is 16.3 Å². The van der Waals surface area contributed by atoms with Crippen LogP contribution in [-0.2, 0) is 0 Å². The highest BCUT2D eigenvalue weighted by Gasteiger charge is 2.14. The van der Waals surface area contributed by atoms with Gasteiger partial charge in [0.2, 0.25) is 11.2 Å². The van der Waals surface area contributed by atoms with E-state index in [0.29, 0.717) is 11.8 Å². The molecule has 2 heterocycles. The zero-order valence-corrected chi connectivity index (χ0v) is 13.4. The van der Waals surface area contributed by atoms with Gasteiger partial charge in [0.05, 0.1) is 5.39 Å². The molecule has 0 spiro atoms. The van der Waals surface area contributed by atoms with Crippen LogP contribution >= 0.6 is 22.9 Å². The van der Waals surface area contributed by atoms with Gasteiger partial charge >= 0.3 is 0 Å². The van der Waals surface area contributed by atoms with E-state index >= 15 is 0 Å². The Bertz CT molecular complexity index is 772. The number of aromatic nitrogens is 2. The molecule has 3 aromatic rings. The van der Waals surface area contributed by atoms with E-state index in [2.05, 4.69) is 29.9 Å². The van der Waals surface area contributed by atoms with Crippen molar-refractivity contribution in [2.24, 2.45) is 0 Å². The summed E-state index contributed by atoms with van der Waals surface area (Å²) in [6.45, 7) is 4.36. The molecule has 0 fully saturated rings. The van der Waals surface area contributed by atoms with E-state index in [1.54, 1.807) is 0 Å². The third-order valence-corrected chi connectivity index (χ3v) is 4.51. The van der Waals surface area contributed by atoms with E-state index < -0.39 is 0 Å². The van der Waals surface area contributed by atoms with Crippen molar-refractivity contribution in [1.29, 1.82) is 0 Å². The topological polar surface area (TPSA) is 35.0 Å². The summed E-state index contributed by atoms with van der Waals surface area (Å²) in [5.74, 6) is 1.77. The summed E-state index contributed by atoms with van der Waals surface area (Å²) < 4.78 is 6.06. The molecule has 108 valence electrons. The van der Waals surface area contributed by atoms with Gasteiger partial charge in [-0.15, -0.1) is 11.3 Å². The fourth-order valence-electron chi connectivity index (χ4n) is 2.19. The quantitative estimate of drug-likeness (QED) is 0.583. The van der Waals surface area contributed by atoms with Gasteiger partial charge in [-0.2, -0.15) is 4.98 Å². The van der Waals surface area contributed by atoms with Crippen LogP contribution in [0.25, 0.3) is 10.2 Å². The first-order chi connectivity index (χ1) is 10.2. The molecular weight excluding hydrogens is 304 g/mol. The number of hydrogen-bond acceptors (Lipinski definition) is 4. The third-order valence-electron chi connectivity index (χ3n) is 3.53. The van der Waals surface area contributed by atoms with Gasteiger partial charge in [-0.05, 0) is 47.0 Å². The summed E-state index contributed by atoms with van der Waals surface area (Å²) >= 11 is 7.51. The average molecular weight is 319 g/mol. The summed E-state index contributed by atoms with van der Waals surface area (Å²) in [5, 5.41) is 3.06. The summed E-state index contributed by atoms with van der Waals surface area (Å²) in [7, 11) is 0. The Morgan fingerprint density at radius 1 is 1.24 bits per heavy atom. The van der Waals surface area contributed by atoms with Crippen LogP contribution in [0.3, 0.4) is 0 Å². The van der Waals surface area contributed by atoms with E-state index in [-0.39, 0.29) is 5.28 Å². The highest BCUT2D eigenvalue weighted by molar-refractivity contribution is 7.16. The van der Waals surface area contributed by atoms with Crippen LogP contribution in [0.1, 0.15) is 31.7 Å². The number of fused-ring (bicyclic) bond motifs is 1. The van der Waals surface area contributed by atoms with Crippen molar-refractivity contribution in [2.75, 3.05) is 0 Å². The Kier molecular flexibility index (Phi) is 4.08. The predicted octanol–water partition coefficient (Wildman–Crippen LogP) is 5.65. The predicted molar refractivity (Wildman–Crippen MR) is 87.6 cm³/mol. The summed E-state index contributed by atoms with van der Waals surface area (Å²) in [6.07, 6.45) is 1.05. The first kappa shape index (κ1) is 14.3. The molecule has 3 rings (SSSR count). The van der Waals surface area contributed by atoms with Gasteiger partial charge in [0.25, 0.3) is 0 Å². The van der Waals surface area contributed by atoms with Crippen molar-refractivity contribution < 1.29 is 4.74 Å². The Hall–Kier alpha value is -1.65. The van der Waals surface area contributed by atoms with Crippen LogP contribution in [0, 0.1) is 0 Å². The second-order valence-electron chi connectivity index (χ2n) is 4.89. The maximum Gasteiger partial charge on any atom is 0.232 e. The first-order valence-corrected chi connectivity index (χ1v) is 8.12. The SMILES string of the molecule is CCC(C)c1ccccc1Oc1nc(Cl)nc2sccc12. The van der Waals surface area contributed by atoms with Crippen LogP contribution in [-0.4, -0.2) is 9.97 Å². The molecule has 0 aliphatic heterocycles. The van der Waals surface area contributed by atoms with E-state index in [1.807, 2.05) is 29.6 Å². The van der Waals surface area contributed by atoms with Crippen LogP contribution in [0.4, 0.5) is 0 Å². The monoisotopic (exact) mass is 318 g/mol. The second kappa shape index (κ2) is 6.00. The van der Waals surface area contributed by atoms with Crippen LogP contribution in [0.2, 0.25) is 5.28 Å². The Morgan fingerprint density at radius 3 is 2.86 bits per heavy atom. The molecule has 3 nitrogen and oxygen atoms in total. The van der Waals surface area contributed by atoms with Gasteiger partial charge in [-0.1, -0.05) is 32.0 Å². The molecule has 1 aromatic carbocycles. The molecule has 0 N–H and O–H groups in total. The van der Waals surface area contributed by atoms with Crippen molar-refractivity contribution in [2.45, 2.75) is 26.2 Å². The van der Waals surface area contributed by atoms with Crippen molar-refractivity contribution in [3.8, 4) is 11.6 Å². The van der Waals surface area contributed by atoms with E-state index in [9.17, 15) is 0 Å². The molecule has 0 aliphatic carbocycles. The lowest BCUT2D eigenvalue weighted by molar-refractivity contribution is 0.457. The van der Waals surface area contributed by atoms with Gasteiger partial charge in [-0.3, -0.25) is 0 Å². The number of benzene rings is 1. The third kappa shape index (κ3) is 2.87. The van der Waals surface area contributed by atoms with Gasteiger partial charge in [-0.25, -0.2) is 4.98 Å².